The second kappa shape index (κ2) is 9.90. The van der Waals surface area contributed by atoms with E-state index in [0.29, 0.717) is 16.7 Å². The quantitative estimate of drug-likeness (QED) is 0.391. The lowest BCUT2D eigenvalue weighted by Gasteiger charge is -2.32. The number of nitrogens with one attached hydrogen (secondary N) is 1. The molecule has 1 N–H and O–H groups in total. The first-order valence-corrected chi connectivity index (χ1v) is 11.9. The van der Waals surface area contributed by atoms with Crippen molar-refractivity contribution in [1.82, 2.24) is 19.7 Å². The Bertz CT molecular complexity index is 1370. The number of fused-ring (bicyclic) bond motifs is 2. The van der Waals surface area contributed by atoms with E-state index in [1.54, 1.807) is 37.2 Å². The molecule has 1 aliphatic rings. The number of aryl methyl sites for hydroxylation is 3. The second-order valence-electron chi connectivity index (χ2n) is 8.46. The Balaban J connectivity index is 0.00000141. The van der Waals surface area contributed by atoms with E-state index in [2.05, 4.69) is 15.3 Å². The van der Waals surface area contributed by atoms with Gasteiger partial charge in [-0.25, -0.2) is 8.78 Å². The molecule has 0 unspecified atom stereocenters. The molecule has 1 aliphatic heterocycles. The summed E-state index contributed by atoms with van der Waals surface area (Å²) in [6, 6.07) is 9.45. The van der Waals surface area contributed by atoms with Crippen LogP contribution in [0.5, 0.6) is 0 Å². The van der Waals surface area contributed by atoms with Crippen LogP contribution in [0.2, 0.25) is 0 Å². The number of alkyl halides is 2. The molecule has 184 valence electrons. The maximum atomic E-state index is 14.1. The van der Waals surface area contributed by atoms with E-state index < -0.39 is 6.43 Å². The monoisotopic (exact) mass is 479 g/mol. The zero-order valence-corrected chi connectivity index (χ0v) is 20.8. The second-order valence-corrected chi connectivity index (χ2v) is 8.46. The topological polar surface area (TPSA) is 55.1 Å². The molecule has 0 saturated carbocycles. The minimum atomic E-state index is -2.61. The molecular formula is C27H31F2N5O. The summed E-state index contributed by atoms with van der Waals surface area (Å²) in [6.45, 7) is 4.72. The Morgan fingerprint density at radius 3 is 2.54 bits per heavy atom. The van der Waals surface area contributed by atoms with Gasteiger partial charge >= 0.3 is 0 Å². The van der Waals surface area contributed by atoms with Gasteiger partial charge in [-0.3, -0.25) is 9.48 Å². The van der Waals surface area contributed by atoms with Crippen LogP contribution in [0.4, 0.5) is 20.2 Å². The van der Waals surface area contributed by atoms with Crippen molar-refractivity contribution >= 4 is 28.2 Å². The average Bonchev–Trinajstić information content (AvgIpc) is 3.46. The van der Waals surface area contributed by atoms with Crippen molar-refractivity contribution < 1.29 is 13.6 Å². The van der Waals surface area contributed by atoms with Crippen LogP contribution < -0.4 is 10.2 Å². The lowest BCUT2D eigenvalue weighted by atomic mass is 9.92. The van der Waals surface area contributed by atoms with Crippen molar-refractivity contribution in [1.29, 1.82) is 0 Å². The van der Waals surface area contributed by atoms with Crippen molar-refractivity contribution in [3.8, 4) is 11.1 Å². The van der Waals surface area contributed by atoms with E-state index >= 15 is 0 Å². The molecule has 4 aromatic rings. The minimum absolute atomic E-state index is 0.000453. The number of aromatic nitrogens is 3. The van der Waals surface area contributed by atoms with Crippen LogP contribution >= 0.6 is 0 Å². The molecule has 0 aliphatic carbocycles. The molecule has 2 aromatic carbocycles. The van der Waals surface area contributed by atoms with E-state index in [1.165, 1.54) is 0 Å². The Labute approximate surface area is 204 Å². The molecule has 3 heterocycles. The molecule has 5 rings (SSSR count). The first kappa shape index (κ1) is 24.4. The molecule has 8 heteroatoms. The number of halogens is 2. The molecule has 0 saturated heterocycles. The summed E-state index contributed by atoms with van der Waals surface area (Å²) < 4.78 is 31.8. The summed E-state index contributed by atoms with van der Waals surface area (Å²) in [5.41, 5.74) is 5.46. The standard InChI is InChI=1S/C25H25F2N5O.C2H6/c1-28-25(33)21-14-30(2)22-7-6-17(10-19(21)22)32-8-4-5-15-9-18(16-12-29-31(3)13-16)20(24(26)27)11-23(15)32;1-2/h6-7,9-14,24H,4-5,8H2,1-3H3,(H,28,33);1-2H3. The molecule has 0 fully saturated rings. The number of hydrogen-bond acceptors (Lipinski definition) is 3. The van der Waals surface area contributed by atoms with Gasteiger partial charge in [0, 0.05) is 73.5 Å². The van der Waals surface area contributed by atoms with Gasteiger partial charge in [0.15, 0.2) is 0 Å². The van der Waals surface area contributed by atoms with Gasteiger partial charge in [0.05, 0.1) is 11.8 Å². The van der Waals surface area contributed by atoms with E-state index in [4.69, 9.17) is 0 Å². The molecule has 35 heavy (non-hydrogen) atoms. The first-order valence-electron chi connectivity index (χ1n) is 11.9. The summed E-state index contributed by atoms with van der Waals surface area (Å²) >= 11 is 0. The third-order valence-electron chi connectivity index (χ3n) is 6.38. The van der Waals surface area contributed by atoms with Crippen molar-refractivity contribution in [2.24, 2.45) is 14.1 Å². The van der Waals surface area contributed by atoms with Crippen molar-refractivity contribution in [3.05, 3.63) is 65.6 Å². The van der Waals surface area contributed by atoms with Gasteiger partial charge in [0.1, 0.15) is 0 Å². The fourth-order valence-electron chi connectivity index (χ4n) is 4.77. The van der Waals surface area contributed by atoms with E-state index in [9.17, 15) is 13.6 Å². The lowest BCUT2D eigenvalue weighted by Crippen LogP contribution is -2.25. The van der Waals surface area contributed by atoms with Gasteiger partial charge in [-0.05, 0) is 54.3 Å². The summed E-state index contributed by atoms with van der Waals surface area (Å²) in [6.07, 6.45) is 4.32. The van der Waals surface area contributed by atoms with E-state index in [1.807, 2.05) is 55.9 Å². The van der Waals surface area contributed by atoms with E-state index in [-0.39, 0.29) is 11.5 Å². The number of hydrogen-bond donors (Lipinski definition) is 1. The third-order valence-corrected chi connectivity index (χ3v) is 6.38. The first-order chi connectivity index (χ1) is 16.9. The van der Waals surface area contributed by atoms with Gasteiger partial charge in [0.25, 0.3) is 12.3 Å². The smallest absolute Gasteiger partial charge is 0.264 e. The van der Waals surface area contributed by atoms with Gasteiger partial charge < -0.3 is 14.8 Å². The number of anilines is 2. The highest BCUT2D eigenvalue weighted by Crippen LogP contribution is 2.42. The molecule has 0 bridgehead atoms. The fraction of sp³-hybridized carbons (Fsp3) is 0.333. The summed E-state index contributed by atoms with van der Waals surface area (Å²) in [4.78, 5) is 14.5. The van der Waals surface area contributed by atoms with Crippen LogP contribution in [0, 0.1) is 0 Å². The van der Waals surface area contributed by atoms with Crippen molar-refractivity contribution in [3.63, 3.8) is 0 Å². The zero-order valence-electron chi connectivity index (χ0n) is 20.8. The Kier molecular flexibility index (Phi) is 6.91. The minimum Gasteiger partial charge on any atom is -0.355 e. The van der Waals surface area contributed by atoms with Gasteiger partial charge in [-0.2, -0.15) is 5.10 Å². The van der Waals surface area contributed by atoms with Crippen LogP contribution in [0.25, 0.3) is 22.0 Å². The molecular weight excluding hydrogens is 448 g/mol. The predicted molar refractivity (Wildman–Crippen MR) is 137 cm³/mol. The Hall–Kier alpha value is -3.68. The summed E-state index contributed by atoms with van der Waals surface area (Å²) in [5.74, 6) is -0.155. The highest BCUT2D eigenvalue weighted by atomic mass is 19.3. The molecule has 0 radical (unpaired) electrons. The fourth-order valence-corrected chi connectivity index (χ4v) is 4.77. The molecule has 2 aromatic heterocycles. The summed E-state index contributed by atoms with van der Waals surface area (Å²) in [7, 11) is 5.29. The molecule has 6 nitrogen and oxygen atoms in total. The van der Waals surface area contributed by atoms with Crippen molar-refractivity contribution in [2.45, 2.75) is 33.1 Å². The van der Waals surface area contributed by atoms with Gasteiger partial charge in [-0.1, -0.05) is 13.8 Å². The number of benzene rings is 2. The largest absolute Gasteiger partial charge is 0.355 e. The zero-order chi connectivity index (χ0) is 25.3. The third kappa shape index (κ3) is 4.40. The van der Waals surface area contributed by atoms with E-state index in [0.717, 1.165) is 47.2 Å². The normalized spacial score (nSPS) is 13.0. The highest BCUT2D eigenvalue weighted by molar-refractivity contribution is 6.07. The number of carbonyl (C=O) groups is 1. The highest BCUT2D eigenvalue weighted by Gasteiger charge is 2.25. The molecule has 0 atom stereocenters. The number of rotatable bonds is 4. The van der Waals surface area contributed by atoms with Crippen LogP contribution in [-0.4, -0.2) is 33.8 Å². The number of carbonyl (C=O) groups excluding carboxylic acids is 1. The predicted octanol–water partition coefficient (Wildman–Crippen LogP) is 5.99. The van der Waals surface area contributed by atoms with Crippen LogP contribution in [-0.2, 0) is 20.5 Å². The lowest BCUT2D eigenvalue weighted by molar-refractivity contribution is 0.0964. The van der Waals surface area contributed by atoms with Crippen LogP contribution in [0.1, 0.15) is 48.2 Å². The Morgan fingerprint density at radius 1 is 1.11 bits per heavy atom. The maximum Gasteiger partial charge on any atom is 0.264 e. The average molecular weight is 480 g/mol. The SMILES string of the molecule is CC.CNC(=O)c1cn(C)c2ccc(N3CCCc4cc(-c5cnn(C)c5)c(C(F)F)cc43)cc12. The summed E-state index contributed by atoms with van der Waals surface area (Å²) in [5, 5.41) is 7.68. The van der Waals surface area contributed by atoms with Crippen LogP contribution in [0.15, 0.2) is 48.9 Å². The van der Waals surface area contributed by atoms with Crippen LogP contribution in [0.3, 0.4) is 0 Å². The van der Waals surface area contributed by atoms with Gasteiger partial charge in [-0.15, -0.1) is 0 Å². The maximum absolute atomic E-state index is 14.1. The number of nitrogens with zero attached hydrogens (tertiary/aromatic N) is 4. The Morgan fingerprint density at radius 2 is 1.89 bits per heavy atom. The molecule has 0 spiro atoms. The number of amides is 1. The molecule has 1 amide bonds. The van der Waals surface area contributed by atoms with Crippen molar-refractivity contribution in [2.75, 3.05) is 18.5 Å². The van der Waals surface area contributed by atoms with Gasteiger partial charge in [0.2, 0.25) is 0 Å².